The Morgan fingerprint density at radius 1 is 1.15 bits per heavy atom. The first-order chi connectivity index (χ1) is 16.5. The third-order valence-electron chi connectivity index (χ3n) is 5.68. The lowest BCUT2D eigenvalue weighted by Crippen LogP contribution is -2.15. The second-order valence-corrected chi connectivity index (χ2v) is 9.55. The maximum atomic E-state index is 12.7. The molecule has 7 heteroatoms. The standard InChI is InChI=1S/C27H35NO5S/c1-5-8-15-33-21-13-10-19(17-22(21)31-6-2)11-14-24(29)28-26-25(27(30)32-7-3)20-12-9-18(4)16-23(20)34-26/h10-11,13-14,17-18H,5-9,12,15-16H2,1-4H3,(H,28,29)/b14-11+. The van der Waals surface area contributed by atoms with E-state index in [9.17, 15) is 9.59 Å². The van der Waals surface area contributed by atoms with E-state index in [-0.39, 0.29) is 11.9 Å². The number of thiophene rings is 1. The highest BCUT2D eigenvalue weighted by molar-refractivity contribution is 7.17. The topological polar surface area (TPSA) is 73.9 Å². The minimum Gasteiger partial charge on any atom is -0.490 e. The predicted octanol–water partition coefficient (Wildman–Crippen LogP) is 6.28. The average Bonchev–Trinajstić information content (AvgIpc) is 3.16. The first kappa shape index (κ1) is 25.8. The van der Waals surface area contributed by atoms with Gasteiger partial charge in [0.15, 0.2) is 11.5 Å². The molecule has 1 aromatic carbocycles. The molecule has 3 rings (SSSR count). The molecule has 0 radical (unpaired) electrons. The van der Waals surface area contributed by atoms with Crippen LogP contribution < -0.4 is 14.8 Å². The van der Waals surface area contributed by atoms with Crippen LogP contribution in [0.4, 0.5) is 5.00 Å². The Morgan fingerprint density at radius 2 is 1.97 bits per heavy atom. The van der Waals surface area contributed by atoms with Crippen LogP contribution >= 0.6 is 11.3 Å². The van der Waals surface area contributed by atoms with Crippen LogP contribution in [0.15, 0.2) is 24.3 Å². The average molecular weight is 486 g/mol. The molecule has 1 aromatic heterocycles. The number of rotatable bonds is 11. The molecule has 184 valence electrons. The van der Waals surface area contributed by atoms with Crippen molar-refractivity contribution >= 4 is 34.3 Å². The lowest BCUT2D eigenvalue weighted by molar-refractivity contribution is -0.111. The van der Waals surface area contributed by atoms with Crippen molar-refractivity contribution < 1.29 is 23.8 Å². The van der Waals surface area contributed by atoms with E-state index in [1.165, 1.54) is 22.3 Å². The van der Waals surface area contributed by atoms with Crippen LogP contribution in [0.2, 0.25) is 0 Å². The Morgan fingerprint density at radius 3 is 2.71 bits per heavy atom. The Balaban J connectivity index is 1.76. The van der Waals surface area contributed by atoms with E-state index < -0.39 is 0 Å². The first-order valence-corrected chi connectivity index (χ1v) is 13.0. The van der Waals surface area contributed by atoms with Crippen molar-refractivity contribution in [3.63, 3.8) is 0 Å². The molecule has 1 unspecified atom stereocenters. The smallest absolute Gasteiger partial charge is 0.341 e. The number of ether oxygens (including phenoxy) is 3. The summed E-state index contributed by atoms with van der Waals surface area (Å²) in [4.78, 5) is 26.6. The number of fused-ring (bicyclic) bond motifs is 1. The molecule has 1 amide bonds. The van der Waals surface area contributed by atoms with Gasteiger partial charge in [0.25, 0.3) is 0 Å². The normalized spacial score (nSPS) is 15.1. The molecule has 0 fully saturated rings. The van der Waals surface area contributed by atoms with Crippen molar-refractivity contribution in [2.45, 2.75) is 59.8 Å². The summed E-state index contributed by atoms with van der Waals surface area (Å²) in [5, 5.41) is 3.48. The molecule has 1 atom stereocenters. The van der Waals surface area contributed by atoms with Gasteiger partial charge in [0.1, 0.15) is 5.00 Å². The van der Waals surface area contributed by atoms with E-state index in [2.05, 4.69) is 19.2 Å². The van der Waals surface area contributed by atoms with Gasteiger partial charge in [-0.05, 0) is 74.8 Å². The van der Waals surface area contributed by atoms with Crippen LogP contribution in [0.25, 0.3) is 6.08 Å². The molecule has 34 heavy (non-hydrogen) atoms. The lowest BCUT2D eigenvalue weighted by Gasteiger charge is -2.18. The Bertz CT molecular complexity index is 1030. The van der Waals surface area contributed by atoms with Gasteiger partial charge in [0, 0.05) is 11.0 Å². The number of hydrogen-bond acceptors (Lipinski definition) is 6. The first-order valence-electron chi connectivity index (χ1n) is 12.2. The SMILES string of the molecule is CCCCOc1ccc(/C=C/C(=O)Nc2sc3c(c2C(=O)OCC)CCC(C)C3)cc1OCC. The number of benzene rings is 1. The van der Waals surface area contributed by atoms with Gasteiger partial charge >= 0.3 is 5.97 Å². The van der Waals surface area contributed by atoms with E-state index >= 15 is 0 Å². The molecular weight excluding hydrogens is 450 g/mol. The van der Waals surface area contributed by atoms with E-state index in [1.807, 2.05) is 25.1 Å². The number of anilines is 1. The Labute approximate surface area is 206 Å². The quantitative estimate of drug-likeness (QED) is 0.230. The molecule has 1 heterocycles. The van der Waals surface area contributed by atoms with Crippen molar-refractivity contribution in [2.75, 3.05) is 25.1 Å². The fourth-order valence-electron chi connectivity index (χ4n) is 3.93. The monoisotopic (exact) mass is 485 g/mol. The second kappa shape index (κ2) is 12.6. The van der Waals surface area contributed by atoms with Crippen LogP contribution in [-0.2, 0) is 22.4 Å². The molecule has 1 aliphatic carbocycles. The van der Waals surface area contributed by atoms with Crippen molar-refractivity contribution in [3.8, 4) is 11.5 Å². The Kier molecular flexibility index (Phi) is 9.57. The lowest BCUT2D eigenvalue weighted by atomic mass is 9.88. The summed E-state index contributed by atoms with van der Waals surface area (Å²) in [5.74, 6) is 1.27. The van der Waals surface area contributed by atoms with Crippen LogP contribution in [-0.4, -0.2) is 31.7 Å². The molecule has 2 aromatic rings. The molecule has 6 nitrogen and oxygen atoms in total. The third kappa shape index (κ3) is 6.63. The minimum absolute atomic E-state index is 0.293. The molecule has 1 N–H and O–H groups in total. The van der Waals surface area contributed by atoms with Crippen LogP contribution in [0.1, 0.15) is 73.3 Å². The summed E-state index contributed by atoms with van der Waals surface area (Å²) >= 11 is 1.49. The number of esters is 1. The Hall–Kier alpha value is -2.80. The summed E-state index contributed by atoms with van der Waals surface area (Å²) in [6.45, 7) is 9.51. The summed E-state index contributed by atoms with van der Waals surface area (Å²) < 4.78 is 16.8. The molecule has 0 bridgehead atoms. The van der Waals surface area contributed by atoms with Gasteiger partial charge < -0.3 is 19.5 Å². The zero-order valence-corrected chi connectivity index (χ0v) is 21.4. The number of hydrogen-bond donors (Lipinski definition) is 1. The van der Waals surface area contributed by atoms with Crippen LogP contribution in [0.5, 0.6) is 11.5 Å². The summed E-state index contributed by atoms with van der Waals surface area (Å²) in [7, 11) is 0. The van der Waals surface area contributed by atoms with Gasteiger partial charge in [-0.2, -0.15) is 0 Å². The number of carbonyl (C=O) groups is 2. The minimum atomic E-state index is -0.367. The van der Waals surface area contributed by atoms with Gasteiger partial charge in [-0.1, -0.05) is 26.3 Å². The van der Waals surface area contributed by atoms with Gasteiger partial charge in [-0.25, -0.2) is 4.79 Å². The molecule has 0 saturated heterocycles. The van der Waals surface area contributed by atoms with E-state index in [0.29, 0.717) is 47.8 Å². The number of nitrogens with one attached hydrogen (secondary N) is 1. The molecule has 0 aliphatic heterocycles. The number of unbranched alkanes of at least 4 members (excludes halogenated alkanes) is 1. The maximum Gasteiger partial charge on any atom is 0.341 e. The summed E-state index contributed by atoms with van der Waals surface area (Å²) in [6, 6.07) is 5.62. The van der Waals surface area contributed by atoms with Crippen LogP contribution in [0.3, 0.4) is 0 Å². The largest absolute Gasteiger partial charge is 0.490 e. The summed E-state index contributed by atoms with van der Waals surface area (Å²) in [5.41, 5.74) is 2.37. The summed E-state index contributed by atoms with van der Waals surface area (Å²) in [6.07, 6.45) is 8.02. The highest BCUT2D eigenvalue weighted by Crippen LogP contribution is 2.40. The predicted molar refractivity (Wildman–Crippen MR) is 137 cm³/mol. The number of carbonyl (C=O) groups excluding carboxylic acids is 2. The molecule has 0 saturated carbocycles. The van der Waals surface area contributed by atoms with Crippen molar-refractivity contribution in [1.29, 1.82) is 0 Å². The van der Waals surface area contributed by atoms with Gasteiger partial charge in [0.05, 0.1) is 25.4 Å². The second-order valence-electron chi connectivity index (χ2n) is 8.44. The van der Waals surface area contributed by atoms with Gasteiger partial charge in [-0.15, -0.1) is 11.3 Å². The maximum absolute atomic E-state index is 12.7. The van der Waals surface area contributed by atoms with E-state index in [1.54, 1.807) is 13.0 Å². The highest BCUT2D eigenvalue weighted by atomic mass is 32.1. The zero-order valence-electron chi connectivity index (χ0n) is 20.6. The third-order valence-corrected chi connectivity index (χ3v) is 6.85. The van der Waals surface area contributed by atoms with Crippen LogP contribution in [0, 0.1) is 5.92 Å². The molecular formula is C27H35NO5S. The van der Waals surface area contributed by atoms with Gasteiger partial charge in [-0.3, -0.25) is 4.79 Å². The van der Waals surface area contributed by atoms with E-state index in [0.717, 1.165) is 43.2 Å². The number of amides is 1. The highest BCUT2D eigenvalue weighted by Gasteiger charge is 2.28. The van der Waals surface area contributed by atoms with Gasteiger partial charge in [0.2, 0.25) is 5.91 Å². The fraction of sp³-hybridized carbons (Fsp3) is 0.481. The zero-order chi connectivity index (χ0) is 24.5. The van der Waals surface area contributed by atoms with Crippen molar-refractivity contribution in [1.82, 2.24) is 0 Å². The van der Waals surface area contributed by atoms with Crippen molar-refractivity contribution in [3.05, 3.63) is 45.8 Å². The fourth-order valence-corrected chi connectivity index (χ4v) is 5.33. The molecule has 0 spiro atoms. The van der Waals surface area contributed by atoms with E-state index in [4.69, 9.17) is 14.2 Å². The van der Waals surface area contributed by atoms with Crippen molar-refractivity contribution in [2.24, 2.45) is 5.92 Å². The molecule has 1 aliphatic rings.